The number of hydrogen-bond donors (Lipinski definition) is 1. The van der Waals surface area contributed by atoms with Gasteiger partial charge in [-0.05, 0) is 18.4 Å². The molecular weight excluding hydrogens is 288 g/mol. The third-order valence-corrected chi connectivity index (χ3v) is 4.15. The lowest BCUT2D eigenvalue weighted by Crippen LogP contribution is -2.20. The molecule has 2 aromatic rings. The van der Waals surface area contributed by atoms with Crippen LogP contribution in [-0.4, -0.2) is 20.7 Å². The van der Waals surface area contributed by atoms with E-state index < -0.39 is 0 Å². The van der Waals surface area contributed by atoms with E-state index in [9.17, 15) is 10.1 Å². The minimum atomic E-state index is -0.345. The fourth-order valence-corrected chi connectivity index (χ4v) is 3.11. The molecule has 114 valence electrons. The average molecular weight is 308 g/mol. The highest BCUT2D eigenvalue weighted by Gasteiger charge is 2.29. The Hall–Kier alpha value is -1.89. The van der Waals surface area contributed by atoms with Crippen LogP contribution < -0.4 is 5.32 Å². The largest absolute Gasteiger partial charge is 0.362 e. The van der Waals surface area contributed by atoms with E-state index in [1.807, 2.05) is 32.2 Å². The van der Waals surface area contributed by atoms with Gasteiger partial charge in [0.15, 0.2) is 0 Å². The molecule has 21 heavy (non-hydrogen) atoms. The second-order valence-corrected chi connectivity index (χ2v) is 6.48. The Balaban J connectivity index is 2.24. The minimum Gasteiger partial charge on any atom is -0.362 e. The number of rotatable bonds is 6. The third kappa shape index (κ3) is 3.41. The lowest BCUT2D eigenvalue weighted by atomic mass is 10.1. The van der Waals surface area contributed by atoms with Crippen molar-refractivity contribution in [1.82, 2.24) is 9.78 Å². The van der Waals surface area contributed by atoms with Crippen LogP contribution in [0.5, 0.6) is 0 Å². The van der Waals surface area contributed by atoms with Gasteiger partial charge in [-0.2, -0.15) is 5.10 Å². The molecule has 1 atom stereocenters. The van der Waals surface area contributed by atoms with Gasteiger partial charge in [0.1, 0.15) is 5.69 Å². The molecule has 2 heterocycles. The number of nitrogens with zero attached hydrogens (tertiary/aromatic N) is 3. The normalized spacial score (nSPS) is 12.6. The molecule has 2 rings (SSSR count). The quantitative estimate of drug-likeness (QED) is 0.654. The summed E-state index contributed by atoms with van der Waals surface area (Å²) in [6.45, 7) is 5.84. The molecule has 0 bridgehead atoms. The van der Waals surface area contributed by atoms with Gasteiger partial charge in [0.25, 0.3) is 0 Å². The average Bonchev–Trinajstić information content (AvgIpc) is 2.98. The van der Waals surface area contributed by atoms with Crippen LogP contribution in [0.3, 0.4) is 0 Å². The summed E-state index contributed by atoms with van der Waals surface area (Å²) in [4.78, 5) is 12.3. The summed E-state index contributed by atoms with van der Waals surface area (Å²) in [5.74, 6) is 0.493. The van der Waals surface area contributed by atoms with E-state index in [1.165, 1.54) is 4.88 Å². The molecule has 0 spiro atoms. The summed E-state index contributed by atoms with van der Waals surface area (Å²) in [6, 6.07) is 4.17. The lowest BCUT2D eigenvalue weighted by Gasteiger charge is -2.13. The van der Waals surface area contributed by atoms with Crippen LogP contribution in [0.2, 0.25) is 0 Å². The van der Waals surface area contributed by atoms with Crippen molar-refractivity contribution in [3.05, 3.63) is 38.2 Å². The molecule has 0 aliphatic heterocycles. The summed E-state index contributed by atoms with van der Waals surface area (Å²) in [6.07, 6.45) is 0.830. The van der Waals surface area contributed by atoms with Crippen molar-refractivity contribution < 1.29 is 4.92 Å². The molecule has 0 saturated carbocycles. The van der Waals surface area contributed by atoms with Gasteiger partial charge in [0.2, 0.25) is 5.82 Å². The van der Waals surface area contributed by atoms with E-state index >= 15 is 0 Å². The number of nitrogens with one attached hydrogen (secondary N) is 1. The van der Waals surface area contributed by atoms with Crippen LogP contribution in [0.4, 0.5) is 11.5 Å². The van der Waals surface area contributed by atoms with Gasteiger partial charge in [0, 0.05) is 30.3 Å². The van der Waals surface area contributed by atoms with Crippen LogP contribution in [0.15, 0.2) is 17.5 Å². The van der Waals surface area contributed by atoms with Gasteiger partial charge < -0.3 is 5.32 Å². The number of anilines is 1. The number of hydrogen-bond acceptors (Lipinski definition) is 5. The molecule has 0 aromatic carbocycles. The van der Waals surface area contributed by atoms with E-state index in [0.717, 1.165) is 6.42 Å². The second kappa shape index (κ2) is 6.26. The van der Waals surface area contributed by atoms with Crippen molar-refractivity contribution in [2.75, 3.05) is 5.32 Å². The predicted octanol–water partition coefficient (Wildman–Crippen LogP) is 3.56. The van der Waals surface area contributed by atoms with Crippen LogP contribution >= 0.6 is 11.3 Å². The van der Waals surface area contributed by atoms with E-state index in [0.29, 0.717) is 11.5 Å². The molecule has 0 aliphatic carbocycles. The highest BCUT2D eigenvalue weighted by atomic mass is 32.1. The first kappa shape index (κ1) is 15.5. The Kier molecular flexibility index (Phi) is 4.62. The SMILES string of the molecule is CC(Cc1cccs1)Nc1c([N+](=O)[O-])c(C(C)C)nn1C. The fourth-order valence-electron chi connectivity index (χ4n) is 2.28. The molecule has 0 fully saturated rings. The fraction of sp³-hybridized carbons (Fsp3) is 0.500. The Labute approximate surface area is 127 Å². The molecular formula is C14H20N4O2S. The monoisotopic (exact) mass is 308 g/mol. The number of thiophene rings is 1. The molecule has 6 nitrogen and oxygen atoms in total. The van der Waals surface area contributed by atoms with Crippen LogP contribution in [-0.2, 0) is 13.5 Å². The van der Waals surface area contributed by atoms with Crippen LogP contribution in [0, 0.1) is 10.1 Å². The third-order valence-electron chi connectivity index (χ3n) is 3.25. The van der Waals surface area contributed by atoms with Gasteiger partial charge in [0.05, 0.1) is 4.92 Å². The van der Waals surface area contributed by atoms with Gasteiger partial charge in [-0.15, -0.1) is 11.3 Å². The number of nitro groups is 1. The number of aromatic nitrogens is 2. The maximum Gasteiger partial charge on any atom is 0.334 e. The van der Waals surface area contributed by atoms with Crippen molar-refractivity contribution in [1.29, 1.82) is 0 Å². The molecule has 0 radical (unpaired) electrons. The standard InChI is InChI=1S/C14H20N4O2S/c1-9(2)12-13(18(19)20)14(17(4)16-12)15-10(3)8-11-6-5-7-21-11/h5-7,9-10,15H,8H2,1-4H3. The summed E-state index contributed by atoms with van der Waals surface area (Å²) in [5.41, 5.74) is 0.610. The lowest BCUT2D eigenvalue weighted by molar-refractivity contribution is -0.384. The Morgan fingerprint density at radius 1 is 1.48 bits per heavy atom. The summed E-state index contributed by atoms with van der Waals surface area (Å²) < 4.78 is 1.57. The zero-order valence-corrected chi connectivity index (χ0v) is 13.5. The summed E-state index contributed by atoms with van der Waals surface area (Å²) in [5, 5.41) is 20.9. The van der Waals surface area contributed by atoms with Crippen LogP contribution in [0.25, 0.3) is 0 Å². The van der Waals surface area contributed by atoms with Gasteiger partial charge >= 0.3 is 5.69 Å². The first-order chi connectivity index (χ1) is 9.90. The molecule has 1 unspecified atom stereocenters. The van der Waals surface area contributed by atoms with E-state index in [4.69, 9.17) is 0 Å². The number of aryl methyl sites for hydroxylation is 1. The Bertz CT molecular complexity index is 619. The van der Waals surface area contributed by atoms with Crippen molar-refractivity contribution in [3.63, 3.8) is 0 Å². The summed E-state index contributed by atoms with van der Waals surface area (Å²) in [7, 11) is 1.74. The van der Waals surface area contributed by atoms with E-state index in [2.05, 4.69) is 16.5 Å². The Morgan fingerprint density at radius 3 is 2.71 bits per heavy atom. The zero-order valence-electron chi connectivity index (χ0n) is 12.7. The highest BCUT2D eigenvalue weighted by molar-refractivity contribution is 7.09. The van der Waals surface area contributed by atoms with Crippen molar-refractivity contribution in [2.45, 2.75) is 39.2 Å². The van der Waals surface area contributed by atoms with E-state index in [-0.39, 0.29) is 22.6 Å². The Morgan fingerprint density at radius 2 is 2.19 bits per heavy atom. The molecule has 0 amide bonds. The molecule has 0 saturated heterocycles. The first-order valence-corrected chi connectivity index (χ1v) is 7.78. The zero-order chi connectivity index (χ0) is 15.6. The first-order valence-electron chi connectivity index (χ1n) is 6.90. The topological polar surface area (TPSA) is 73.0 Å². The highest BCUT2D eigenvalue weighted by Crippen LogP contribution is 2.33. The van der Waals surface area contributed by atoms with Gasteiger partial charge in [-0.3, -0.25) is 10.1 Å². The maximum atomic E-state index is 11.4. The van der Waals surface area contributed by atoms with Crippen molar-refractivity contribution >= 4 is 22.8 Å². The second-order valence-electron chi connectivity index (χ2n) is 5.45. The maximum absolute atomic E-state index is 11.4. The van der Waals surface area contributed by atoms with Crippen molar-refractivity contribution in [2.24, 2.45) is 7.05 Å². The molecule has 7 heteroatoms. The predicted molar refractivity (Wildman–Crippen MR) is 85.1 cm³/mol. The van der Waals surface area contributed by atoms with Crippen molar-refractivity contribution in [3.8, 4) is 0 Å². The smallest absolute Gasteiger partial charge is 0.334 e. The minimum absolute atomic E-state index is 0.0137. The summed E-state index contributed by atoms with van der Waals surface area (Å²) >= 11 is 1.69. The molecule has 2 aromatic heterocycles. The van der Waals surface area contributed by atoms with Gasteiger partial charge in [-0.1, -0.05) is 19.9 Å². The van der Waals surface area contributed by atoms with Crippen LogP contribution in [0.1, 0.15) is 37.3 Å². The van der Waals surface area contributed by atoms with Gasteiger partial charge in [-0.25, -0.2) is 4.68 Å². The van der Waals surface area contributed by atoms with E-state index in [1.54, 1.807) is 23.1 Å². The molecule has 1 N–H and O–H groups in total. The molecule has 0 aliphatic rings.